The minimum atomic E-state index is -4.03. The van der Waals surface area contributed by atoms with E-state index in [-0.39, 0.29) is 10.8 Å². The molecule has 0 saturated carbocycles. The van der Waals surface area contributed by atoms with Gasteiger partial charge in [-0.1, -0.05) is 30.3 Å². The molecule has 0 N–H and O–H groups in total. The van der Waals surface area contributed by atoms with E-state index in [1.54, 1.807) is 60.9 Å². The van der Waals surface area contributed by atoms with E-state index in [1.165, 1.54) is 23.1 Å². The molecule has 5 rings (SSSR count). The summed E-state index contributed by atoms with van der Waals surface area (Å²) in [5, 5.41) is 4.07. The van der Waals surface area contributed by atoms with E-state index in [1.807, 2.05) is 0 Å². The summed E-state index contributed by atoms with van der Waals surface area (Å²) in [5.41, 5.74) is 3.39. The smallest absolute Gasteiger partial charge is 0.289 e. The van der Waals surface area contributed by atoms with Crippen molar-refractivity contribution in [1.29, 1.82) is 0 Å². The lowest BCUT2D eigenvalue weighted by atomic mass is 10.1. The number of benzene rings is 1. The third kappa shape index (κ3) is 3.55. The molecule has 32 heavy (non-hydrogen) atoms. The number of aromatic nitrogens is 5. The maximum absolute atomic E-state index is 13.4. The Bertz CT molecular complexity index is 1690. The molecule has 9 nitrogen and oxygen atoms in total. The average molecular weight is 468 g/mol. The van der Waals surface area contributed by atoms with Gasteiger partial charge in [-0.05, 0) is 29.3 Å². The molecule has 0 amide bonds. The number of rotatable bonds is 5. The third-order valence-electron chi connectivity index (χ3n) is 4.98. The van der Waals surface area contributed by atoms with Gasteiger partial charge in [0.1, 0.15) is 16.7 Å². The number of fused-ring (bicyclic) bond motifs is 2. The van der Waals surface area contributed by atoms with Gasteiger partial charge in [0.15, 0.2) is 14.9 Å². The molecule has 162 valence electrons. The van der Waals surface area contributed by atoms with Gasteiger partial charge < -0.3 is 0 Å². The lowest BCUT2D eigenvalue weighted by Gasteiger charge is -2.07. The van der Waals surface area contributed by atoms with E-state index in [0.717, 1.165) is 9.65 Å². The van der Waals surface area contributed by atoms with Crippen LogP contribution in [0.2, 0.25) is 0 Å². The fourth-order valence-corrected chi connectivity index (χ4v) is 5.66. The molecule has 1 aromatic carbocycles. The van der Waals surface area contributed by atoms with Crippen molar-refractivity contribution < 1.29 is 16.8 Å². The Morgan fingerprint density at radius 2 is 1.66 bits per heavy atom. The van der Waals surface area contributed by atoms with Gasteiger partial charge in [0.05, 0.1) is 18.1 Å². The van der Waals surface area contributed by atoms with Gasteiger partial charge >= 0.3 is 10.0 Å². The first-order chi connectivity index (χ1) is 15.2. The van der Waals surface area contributed by atoms with E-state index in [2.05, 4.69) is 15.1 Å². The van der Waals surface area contributed by atoms with Crippen LogP contribution in [-0.4, -0.2) is 46.6 Å². The predicted molar refractivity (Wildman–Crippen MR) is 119 cm³/mol. The summed E-state index contributed by atoms with van der Waals surface area (Å²) in [7, 11) is -7.17. The minimum absolute atomic E-state index is 0.00590. The van der Waals surface area contributed by atoms with Crippen LogP contribution in [0.4, 0.5) is 0 Å². The highest BCUT2D eigenvalue weighted by molar-refractivity contribution is 7.90. The molecule has 4 heterocycles. The fourth-order valence-electron chi connectivity index (χ4n) is 3.52. The molecule has 4 aromatic heterocycles. The molecule has 0 aliphatic carbocycles. The molecule has 11 heteroatoms. The molecule has 0 unspecified atom stereocenters. The number of hydrogen-bond acceptors (Lipinski definition) is 7. The summed E-state index contributed by atoms with van der Waals surface area (Å²) < 4.78 is 52.2. The quantitative estimate of drug-likeness (QED) is 0.390. The van der Waals surface area contributed by atoms with Gasteiger partial charge in [-0.2, -0.15) is 17.6 Å². The molecule has 0 bridgehead atoms. The van der Waals surface area contributed by atoms with Crippen LogP contribution in [0.3, 0.4) is 0 Å². The van der Waals surface area contributed by atoms with Crippen molar-refractivity contribution >= 4 is 36.5 Å². The first-order valence-electron chi connectivity index (χ1n) is 9.51. The lowest BCUT2D eigenvalue weighted by Crippen LogP contribution is -2.16. The fraction of sp³-hybridized carbons (Fsp3) is 0.0952. The molecular weight excluding hydrogens is 450 g/mol. The largest absolute Gasteiger partial charge is 0.301 e. The molecule has 0 aliphatic heterocycles. The first-order valence-corrected chi connectivity index (χ1v) is 13.0. The Kier molecular flexibility index (Phi) is 4.60. The van der Waals surface area contributed by atoms with E-state index in [4.69, 9.17) is 0 Å². The monoisotopic (exact) mass is 467 g/mol. The van der Waals surface area contributed by atoms with Crippen molar-refractivity contribution in [3.63, 3.8) is 0 Å². The molecule has 0 aliphatic rings. The van der Waals surface area contributed by atoms with Gasteiger partial charge in [0.25, 0.3) is 0 Å². The SMILES string of the molecule is CS(=O)(=O)Cc1ccc(-c2cnc3cnn(S(=O)(=O)c4cnc5ccccn45)c3c2)cc1. The summed E-state index contributed by atoms with van der Waals surface area (Å²) in [6.07, 6.45) is 7.14. The van der Waals surface area contributed by atoms with Crippen molar-refractivity contribution in [1.82, 2.24) is 23.6 Å². The highest BCUT2D eigenvalue weighted by atomic mass is 32.2. The highest BCUT2D eigenvalue weighted by Crippen LogP contribution is 2.26. The van der Waals surface area contributed by atoms with Gasteiger partial charge in [-0.25, -0.2) is 13.4 Å². The Morgan fingerprint density at radius 1 is 0.875 bits per heavy atom. The Labute approximate surface area is 184 Å². The van der Waals surface area contributed by atoms with Crippen molar-refractivity contribution in [2.75, 3.05) is 6.26 Å². The van der Waals surface area contributed by atoms with Crippen molar-refractivity contribution in [3.8, 4) is 11.1 Å². The van der Waals surface area contributed by atoms with Crippen LogP contribution in [-0.2, 0) is 25.6 Å². The number of nitrogens with zero attached hydrogens (tertiary/aromatic N) is 5. The van der Waals surface area contributed by atoms with Crippen LogP contribution in [0.1, 0.15) is 5.56 Å². The zero-order valence-electron chi connectivity index (χ0n) is 16.8. The first kappa shape index (κ1) is 20.3. The summed E-state index contributed by atoms with van der Waals surface area (Å²) in [5.74, 6) is -0.0467. The molecule has 0 atom stereocenters. The van der Waals surface area contributed by atoms with E-state index in [9.17, 15) is 16.8 Å². The van der Waals surface area contributed by atoms with E-state index in [0.29, 0.717) is 27.8 Å². The second kappa shape index (κ2) is 7.24. The number of imidazole rings is 1. The van der Waals surface area contributed by atoms with Crippen LogP contribution in [0.5, 0.6) is 0 Å². The van der Waals surface area contributed by atoms with Crippen LogP contribution in [0.25, 0.3) is 27.8 Å². The summed E-state index contributed by atoms with van der Waals surface area (Å²) in [6, 6.07) is 13.9. The zero-order valence-corrected chi connectivity index (χ0v) is 18.5. The van der Waals surface area contributed by atoms with Crippen LogP contribution in [0, 0.1) is 0 Å². The maximum Gasteiger partial charge on any atom is 0.301 e. The highest BCUT2D eigenvalue weighted by Gasteiger charge is 2.25. The second-order valence-corrected chi connectivity index (χ2v) is 11.3. The predicted octanol–water partition coefficient (Wildman–Crippen LogP) is 2.53. The van der Waals surface area contributed by atoms with Crippen LogP contribution < -0.4 is 0 Å². The Morgan fingerprint density at radius 3 is 2.41 bits per heavy atom. The summed E-state index contributed by atoms with van der Waals surface area (Å²) >= 11 is 0. The standard InChI is InChI=1S/C21H17N5O4S2/c1-31(27,28)14-15-5-7-16(8-6-15)17-10-19-18(22-11-17)12-24-26(19)32(29,30)21-13-23-20-4-2-3-9-25(20)21/h2-13H,14H2,1H3. The van der Waals surface area contributed by atoms with Gasteiger partial charge in [0, 0.05) is 24.2 Å². The topological polar surface area (TPSA) is 116 Å². The Hall–Kier alpha value is -3.57. The van der Waals surface area contributed by atoms with Gasteiger partial charge in [0.2, 0.25) is 0 Å². The zero-order chi connectivity index (χ0) is 22.5. The second-order valence-electron chi connectivity index (χ2n) is 7.41. The minimum Gasteiger partial charge on any atom is -0.289 e. The lowest BCUT2D eigenvalue weighted by molar-refractivity contribution is 0.577. The van der Waals surface area contributed by atoms with Gasteiger partial charge in [-0.15, -0.1) is 0 Å². The molecular formula is C21H17N5O4S2. The van der Waals surface area contributed by atoms with E-state index < -0.39 is 19.9 Å². The summed E-state index contributed by atoms with van der Waals surface area (Å²) in [6.45, 7) is 0. The third-order valence-corrected chi connectivity index (χ3v) is 7.41. The normalized spacial score (nSPS) is 12.5. The number of sulfone groups is 1. The molecule has 0 radical (unpaired) electrons. The van der Waals surface area contributed by atoms with Crippen molar-refractivity contribution in [3.05, 3.63) is 78.9 Å². The van der Waals surface area contributed by atoms with Crippen molar-refractivity contribution in [2.24, 2.45) is 0 Å². The molecule has 0 fully saturated rings. The van der Waals surface area contributed by atoms with Crippen LogP contribution >= 0.6 is 0 Å². The molecule has 5 aromatic rings. The van der Waals surface area contributed by atoms with Crippen LogP contribution in [0.15, 0.2) is 78.3 Å². The average Bonchev–Trinajstić information content (AvgIpc) is 3.38. The number of pyridine rings is 2. The molecule has 0 saturated heterocycles. The number of hydrogen-bond donors (Lipinski definition) is 0. The molecule has 0 spiro atoms. The maximum atomic E-state index is 13.4. The van der Waals surface area contributed by atoms with Crippen molar-refractivity contribution in [2.45, 2.75) is 10.8 Å². The van der Waals surface area contributed by atoms with E-state index >= 15 is 0 Å². The van der Waals surface area contributed by atoms with Gasteiger partial charge in [-0.3, -0.25) is 9.38 Å². The Balaban J connectivity index is 1.59. The summed E-state index contributed by atoms with van der Waals surface area (Å²) in [4.78, 5) is 8.51.